The number of anilines is 1. The summed E-state index contributed by atoms with van der Waals surface area (Å²) in [5.41, 5.74) is 0.665. The van der Waals surface area contributed by atoms with Crippen LogP contribution in [0.1, 0.15) is 26.7 Å². The highest BCUT2D eigenvalue weighted by Crippen LogP contribution is 2.18. The molecule has 0 radical (unpaired) electrons. The van der Waals surface area contributed by atoms with Gasteiger partial charge in [0.25, 0.3) is 5.91 Å². The molecule has 0 atom stereocenters. The zero-order chi connectivity index (χ0) is 18.8. The molecule has 1 aromatic carbocycles. The van der Waals surface area contributed by atoms with E-state index in [2.05, 4.69) is 22.5 Å². The molecule has 2 rings (SSSR count). The molecule has 1 heterocycles. The van der Waals surface area contributed by atoms with Gasteiger partial charge in [0.1, 0.15) is 5.75 Å². The number of nitrogens with one attached hydrogen (secondary N) is 2. The van der Waals surface area contributed by atoms with E-state index in [0.29, 0.717) is 18.0 Å². The van der Waals surface area contributed by atoms with Crippen molar-refractivity contribution >= 4 is 17.6 Å². The van der Waals surface area contributed by atoms with E-state index in [-0.39, 0.29) is 18.5 Å². The standard InChI is InChI=1S/C19H30N4O3/c1-3-9-22-10-6-11-23(13-12-22)19(25)21-16-7-5-8-17(14-16)26-15-18(24)20-4-2/h5,7-8,14H,3-4,6,9-13,15H2,1-2H3,(H,20,24)(H,21,25). The van der Waals surface area contributed by atoms with Crippen LogP contribution in [0.25, 0.3) is 0 Å². The molecular formula is C19H30N4O3. The Morgan fingerprint density at radius 3 is 2.77 bits per heavy atom. The summed E-state index contributed by atoms with van der Waals surface area (Å²) in [6, 6.07) is 7.03. The summed E-state index contributed by atoms with van der Waals surface area (Å²) >= 11 is 0. The molecule has 1 aromatic rings. The SMILES string of the molecule is CCCN1CCCN(C(=O)Nc2cccc(OCC(=O)NCC)c2)CC1. The topological polar surface area (TPSA) is 73.9 Å². The Morgan fingerprint density at radius 2 is 2.00 bits per heavy atom. The highest BCUT2D eigenvalue weighted by Gasteiger charge is 2.18. The second kappa shape index (κ2) is 10.7. The molecule has 3 amide bonds. The summed E-state index contributed by atoms with van der Waals surface area (Å²) in [6.45, 7) is 9.11. The molecule has 1 fully saturated rings. The largest absolute Gasteiger partial charge is 0.484 e. The Bertz CT molecular complexity index is 594. The van der Waals surface area contributed by atoms with Gasteiger partial charge in [-0.25, -0.2) is 4.79 Å². The van der Waals surface area contributed by atoms with Crippen LogP contribution in [-0.4, -0.2) is 67.6 Å². The van der Waals surface area contributed by atoms with Gasteiger partial charge in [-0.3, -0.25) is 4.79 Å². The van der Waals surface area contributed by atoms with Crippen LogP contribution in [0.3, 0.4) is 0 Å². The molecule has 0 aliphatic carbocycles. The summed E-state index contributed by atoms with van der Waals surface area (Å²) in [4.78, 5) is 28.3. The number of carbonyl (C=O) groups excluding carboxylic acids is 2. The quantitative estimate of drug-likeness (QED) is 0.779. The maximum atomic E-state index is 12.5. The lowest BCUT2D eigenvalue weighted by molar-refractivity contribution is -0.122. The average molecular weight is 362 g/mol. The highest BCUT2D eigenvalue weighted by atomic mass is 16.5. The first-order valence-electron chi connectivity index (χ1n) is 9.40. The molecule has 7 nitrogen and oxygen atoms in total. The van der Waals surface area contributed by atoms with Crippen molar-refractivity contribution in [2.75, 3.05) is 51.2 Å². The Balaban J connectivity index is 1.86. The number of amides is 3. The second-order valence-corrected chi connectivity index (χ2v) is 6.38. The van der Waals surface area contributed by atoms with Crippen LogP contribution in [0.15, 0.2) is 24.3 Å². The molecule has 0 unspecified atom stereocenters. The van der Waals surface area contributed by atoms with Crippen LogP contribution in [0.5, 0.6) is 5.75 Å². The van der Waals surface area contributed by atoms with Gasteiger partial charge in [-0.15, -0.1) is 0 Å². The van der Waals surface area contributed by atoms with Crippen molar-refractivity contribution in [1.82, 2.24) is 15.1 Å². The number of hydrogen-bond acceptors (Lipinski definition) is 4. The molecule has 144 valence electrons. The number of rotatable bonds is 7. The van der Waals surface area contributed by atoms with Gasteiger partial charge in [-0.05, 0) is 45.0 Å². The minimum Gasteiger partial charge on any atom is -0.484 e. The maximum absolute atomic E-state index is 12.5. The van der Waals surface area contributed by atoms with Crippen LogP contribution < -0.4 is 15.4 Å². The highest BCUT2D eigenvalue weighted by molar-refractivity contribution is 5.89. The number of urea groups is 1. The Labute approximate surface area is 155 Å². The summed E-state index contributed by atoms with van der Waals surface area (Å²) in [5, 5.41) is 5.61. The molecule has 1 aliphatic rings. The zero-order valence-corrected chi connectivity index (χ0v) is 15.8. The van der Waals surface area contributed by atoms with Crippen molar-refractivity contribution in [3.8, 4) is 5.75 Å². The molecule has 0 aromatic heterocycles. The second-order valence-electron chi connectivity index (χ2n) is 6.38. The lowest BCUT2D eigenvalue weighted by Crippen LogP contribution is -2.38. The Morgan fingerprint density at radius 1 is 1.15 bits per heavy atom. The van der Waals surface area contributed by atoms with Crippen LogP contribution in [-0.2, 0) is 4.79 Å². The van der Waals surface area contributed by atoms with E-state index >= 15 is 0 Å². The van der Waals surface area contributed by atoms with E-state index in [1.807, 2.05) is 17.9 Å². The number of nitrogens with zero attached hydrogens (tertiary/aromatic N) is 2. The normalized spacial score (nSPS) is 15.2. The van der Waals surface area contributed by atoms with Crippen molar-refractivity contribution < 1.29 is 14.3 Å². The zero-order valence-electron chi connectivity index (χ0n) is 15.8. The molecular weight excluding hydrogens is 332 g/mol. The summed E-state index contributed by atoms with van der Waals surface area (Å²) < 4.78 is 5.47. The lowest BCUT2D eigenvalue weighted by atomic mass is 10.3. The minimum absolute atomic E-state index is 0.0371. The third-order valence-electron chi connectivity index (χ3n) is 4.24. The number of likely N-dealkylation sites (N-methyl/N-ethyl adjacent to an activating group) is 1. The molecule has 1 aliphatic heterocycles. The van der Waals surface area contributed by atoms with Crippen LogP contribution >= 0.6 is 0 Å². The fraction of sp³-hybridized carbons (Fsp3) is 0.579. The van der Waals surface area contributed by atoms with Crippen LogP contribution in [0.4, 0.5) is 10.5 Å². The fourth-order valence-corrected chi connectivity index (χ4v) is 2.98. The summed E-state index contributed by atoms with van der Waals surface area (Å²) in [7, 11) is 0. The minimum atomic E-state index is -0.164. The van der Waals surface area contributed by atoms with Gasteiger partial charge >= 0.3 is 6.03 Å². The molecule has 0 spiro atoms. The average Bonchev–Trinajstić information content (AvgIpc) is 2.87. The maximum Gasteiger partial charge on any atom is 0.321 e. The van der Waals surface area contributed by atoms with Gasteiger partial charge in [0, 0.05) is 37.9 Å². The van der Waals surface area contributed by atoms with Gasteiger partial charge in [-0.2, -0.15) is 0 Å². The first-order chi connectivity index (χ1) is 12.6. The van der Waals surface area contributed by atoms with Crippen molar-refractivity contribution in [2.24, 2.45) is 0 Å². The van der Waals surface area contributed by atoms with Crippen LogP contribution in [0, 0.1) is 0 Å². The van der Waals surface area contributed by atoms with Gasteiger partial charge in [0.15, 0.2) is 6.61 Å². The van der Waals surface area contributed by atoms with E-state index in [4.69, 9.17) is 4.74 Å². The van der Waals surface area contributed by atoms with Gasteiger partial charge in [0.05, 0.1) is 0 Å². The number of carbonyl (C=O) groups is 2. The third-order valence-corrected chi connectivity index (χ3v) is 4.24. The monoisotopic (exact) mass is 362 g/mol. The number of ether oxygens (including phenoxy) is 1. The van der Waals surface area contributed by atoms with Gasteiger partial charge in [-0.1, -0.05) is 13.0 Å². The van der Waals surface area contributed by atoms with E-state index in [0.717, 1.165) is 45.6 Å². The molecule has 26 heavy (non-hydrogen) atoms. The molecule has 2 N–H and O–H groups in total. The Hall–Kier alpha value is -2.28. The van der Waals surface area contributed by atoms with Crippen molar-refractivity contribution in [3.05, 3.63) is 24.3 Å². The third kappa shape index (κ3) is 6.55. The predicted molar refractivity (Wildman–Crippen MR) is 103 cm³/mol. The predicted octanol–water partition coefficient (Wildman–Crippen LogP) is 2.15. The van der Waals surface area contributed by atoms with E-state index in [1.165, 1.54) is 0 Å². The molecule has 1 saturated heterocycles. The number of benzene rings is 1. The van der Waals surface area contributed by atoms with Crippen molar-refractivity contribution in [2.45, 2.75) is 26.7 Å². The van der Waals surface area contributed by atoms with E-state index in [9.17, 15) is 9.59 Å². The first kappa shape index (κ1) is 20.0. The van der Waals surface area contributed by atoms with E-state index < -0.39 is 0 Å². The fourth-order valence-electron chi connectivity index (χ4n) is 2.98. The van der Waals surface area contributed by atoms with Crippen molar-refractivity contribution in [3.63, 3.8) is 0 Å². The van der Waals surface area contributed by atoms with E-state index in [1.54, 1.807) is 18.2 Å². The summed E-state index contributed by atoms with van der Waals surface area (Å²) in [5.74, 6) is 0.391. The molecule has 7 heteroatoms. The molecule has 0 bridgehead atoms. The lowest BCUT2D eigenvalue weighted by Gasteiger charge is -2.22. The first-order valence-corrected chi connectivity index (χ1v) is 9.40. The number of hydrogen-bond donors (Lipinski definition) is 2. The smallest absolute Gasteiger partial charge is 0.321 e. The van der Waals surface area contributed by atoms with Crippen LogP contribution in [0.2, 0.25) is 0 Å². The molecule has 0 saturated carbocycles. The summed E-state index contributed by atoms with van der Waals surface area (Å²) in [6.07, 6.45) is 2.12. The Kier molecular flexibility index (Phi) is 8.21. The van der Waals surface area contributed by atoms with Gasteiger partial charge < -0.3 is 25.2 Å². The van der Waals surface area contributed by atoms with Gasteiger partial charge in [0.2, 0.25) is 0 Å². The van der Waals surface area contributed by atoms with Crippen molar-refractivity contribution in [1.29, 1.82) is 0 Å².